The monoisotopic (exact) mass is 706 g/mol. The Bertz CT molecular complexity index is 769. The van der Waals surface area contributed by atoms with Crippen LogP contribution in [0.5, 0.6) is 0 Å². The maximum atomic E-state index is 12.0. The highest BCUT2D eigenvalue weighted by Crippen LogP contribution is 2.42. The zero-order valence-corrected chi connectivity index (χ0v) is 32.1. The van der Waals surface area contributed by atoms with Gasteiger partial charge < -0.3 is 20.1 Å². The summed E-state index contributed by atoms with van der Waals surface area (Å²) < 4.78 is 26.8. The van der Waals surface area contributed by atoms with Crippen molar-refractivity contribution in [1.82, 2.24) is 5.32 Å². The lowest BCUT2D eigenvalue weighted by atomic mass is 10.0. The van der Waals surface area contributed by atoms with Crippen LogP contribution in [0.15, 0.2) is 0 Å². The van der Waals surface area contributed by atoms with Crippen molar-refractivity contribution in [2.45, 2.75) is 206 Å². The topological polar surface area (TPSA) is 131 Å². The number of unbranched alkanes of at least 4 members (excludes halogenated alkanes) is 25. The number of hydrogen-bond acceptors (Lipinski definition) is 7. The second-order valence-corrected chi connectivity index (χ2v) is 15.1. The number of carbonyl (C=O) groups excluding carboxylic acids is 2. The van der Waals surface area contributed by atoms with Crippen molar-refractivity contribution >= 4 is 19.7 Å². The minimum absolute atomic E-state index is 0.0874. The van der Waals surface area contributed by atoms with Gasteiger partial charge in [0.05, 0.1) is 13.2 Å². The van der Waals surface area contributed by atoms with Gasteiger partial charge in [0.15, 0.2) is 0 Å². The largest absolute Gasteiger partial charge is 0.472 e. The molecule has 0 aliphatic heterocycles. The molecule has 0 saturated carbocycles. The van der Waals surface area contributed by atoms with Crippen molar-refractivity contribution < 1.29 is 37.9 Å². The van der Waals surface area contributed by atoms with E-state index in [1.165, 1.54) is 135 Å². The van der Waals surface area contributed by atoms with E-state index < -0.39 is 26.5 Å². The first-order chi connectivity index (χ1) is 23.3. The summed E-state index contributed by atoms with van der Waals surface area (Å²) in [6.45, 7) is 3.56. The molecule has 48 heavy (non-hydrogen) atoms. The summed E-state index contributed by atoms with van der Waals surface area (Å²) in [4.78, 5) is 33.7. The molecule has 0 fully saturated rings. The number of ether oxygens (including phenoxy) is 1. The molecule has 1 amide bonds. The van der Waals surface area contributed by atoms with E-state index in [-0.39, 0.29) is 25.7 Å². The average Bonchev–Trinajstić information content (AvgIpc) is 3.07. The van der Waals surface area contributed by atoms with Gasteiger partial charge in [0.2, 0.25) is 5.91 Å². The highest BCUT2D eigenvalue weighted by atomic mass is 31.2. The summed E-state index contributed by atoms with van der Waals surface area (Å²) in [5.74, 6) is -0.508. The van der Waals surface area contributed by atoms with Crippen LogP contribution in [0, 0.1) is 0 Å². The number of esters is 1. The van der Waals surface area contributed by atoms with Gasteiger partial charge in [0.1, 0.15) is 12.7 Å². The van der Waals surface area contributed by atoms with Crippen LogP contribution in [-0.4, -0.2) is 54.3 Å². The van der Waals surface area contributed by atoms with E-state index >= 15 is 0 Å². The van der Waals surface area contributed by atoms with Crippen molar-refractivity contribution in [3.63, 3.8) is 0 Å². The molecule has 0 saturated heterocycles. The highest BCUT2D eigenvalue weighted by Gasteiger charge is 2.23. The van der Waals surface area contributed by atoms with Gasteiger partial charge in [-0.15, -0.1) is 0 Å². The van der Waals surface area contributed by atoms with Crippen molar-refractivity contribution in [3.05, 3.63) is 0 Å². The van der Waals surface area contributed by atoms with Crippen molar-refractivity contribution in [2.75, 3.05) is 26.4 Å². The Labute approximate surface area is 295 Å². The third kappa shape index (κ3) is 36.3. The van der Waals surface area contributed by atoms with Crippen LogP contribution in [0.25, 0.3) is 0 Å². The molecule has 286 valence electrons. The van der Waals surface area contributed by atoms with Gasteiger partial charge in [-0.1, -0.05) is 174 Å². The Morgan fingerprint density at radius 2 is 0.938 bits per heavy atom. The van der Waals surface area contributed by atoms with Crippen LogP contribution >= 0.6 is 7.82 Å². The first-order valence-corrected chi connectivity index (χ1v) is 21.5. The number of rotatable bonds is 38. The molecule has 0 aliphatic rings. The molecule has 9 nitrogen and oxygen atoms in total. The smallest absolute Gasteiger partial charge is 0.463 e. The van der Waals surface area contributed by atoms with Crippen LogP contribution in [0.1, 0.15) is 200 Å². The Kier molecular flexibility index (Phi) is 35.1. The molecule has 0 spiro atoms. The Morgan fingerprint density at radius 1 is 0.562 bits per heavy atom. The van der Waals surface area contributed by atoms with Gasteiger partial charge in [-0.05, 0) is 12.8 Å². The first kappa shape index (κ1) is 47.0. The van der Waals surface area contributed by atoms with E-state index in [1.54, 1.807) is 0 Å². The molecule has 0 aromatic rings. The van der Waals surface area contributed by atoms with Gasteiger partial charge in [0.25, 0.3) is 0 Å². The molecule has 2 atom stereocenters. The Morgan fingerprint density at radius 3 is 1.35 bits per heavy atom. The molecule has 10 heteroatoms. The fourth-order valence-corrected chi connectivity index (χ4v) is 6.49. The summed E-state index contributed by atoms with van der Waals surface area (Å²) >= 11 is 0. The Balaban J connectivity index is 3.56. The van der Waals surface area contributed by atoms with Gasteiger partial charge in [-0.2, -0.15) is 0 Å². The third-order valence-corrected chi connectivity index (χ3v) is 9.77. The maximum Gasteiger partial charge on any atom is 0.472 e. The van der Waals surface area contributed by atoms with Crippen molar-refractivity contribution in [3.8, 4) is 0 Å². The molecular weight excluding hydrogens is 629 g/mol. The van der Waals surface area contributed by atoms with E-state index in [0.717, 1.165) is 38.5 Å². The van der Waals surface area contributed by atoms with Gasteiger partial charge in [-0.25, -0.2) is 4.57 Å². The van der Waals surface area contributed by atoms with E-state index in [4.69, 9.17) is 13.8 Å². The van der Waals surface area contributed by atoms with Crippen LogP contribution in [0.3, 0.4) is 0 Å². The number of phosphoric ester groups is 1. The molecule has 0 bridgehead atoms. The molecule has 0 aromatic carbocycles. The zero-order chi connectivity index (χ0) is 35.4. The highest BCUT2D eigenvalue weighted by molar-refractivity contribution is 7.47. The summed E-state index contributed by atoms with van der Waals surface area (Å²) in [7, 11) is -4.40. The van der Waals surface area contributed by atoms with Crippen molar-refractivity contribution in [2.24, 2.45) is 0 Å². The number of aliphatic hydroxyl groups excluding tert-OH is 1. The number of carbonyl (C=O) groups is 2. The molecule has 0 heterocycles. The number of amides is 1. The molecule has 0 rings (SSSR count). The lowest BCUT2D eigenvalue weighted by Crippen LogP contribution is -2.27. The third-order valence-electron chi connectivity index (χ3n) is 8.79. The van der Waals surface area contributed by atoms with E-state index in [1.807, 2.05) is 0 Å². The summed E-state index contributed by atoms with van der Waals surface area (Å²) in [5, 5.41) is 12.6. The van der Waals surface area contributed by atoms with Gasteiger partial charge >= 0.3 is 13.8 Å². The minimum Gasteiger partial charge on any atom is -0.463 e. The first-order valence-electron chi connectivity index (χ1n) is 20.0. The minimum atomic E-state index is -4.40. The van der Waals surface area contributed by atoms with E-state index in [2.05, 4.69) is 19.2 Å². The number of nitrogens with one attached hydrogen (secondary N) is 1. The number of phosphoric acid groups is 1. The van der Waals surface area contributed by atoms with Gasteiger partial charge in [0, 0.05) is 19.4 Å². The van der Waals surface area contributed by atoms with E-state index in [0.29, 0.717) is 12.8 Å². The molecule has 0 radical (unpaired) electrons. The summed E-state index contributed by atoms with van der Waals surface area (Å²) in [5.41, 5.74) is 0. The molecule has 0 aliphatic carbocycles. The zero-order valence-electron chi connectivity index (χ0n) is 31.2. The second-order valence-electron chi connectivity index (χ2n) is 13.6. The normalized spacial score (nSPS) is 13.3. The predicted octanol–water partition coefficient (Wildman–Crippen LogP) is 10.5. The molecule has 0 aromatic heterocycles. The molecule has 3 N–H and O–H groups in total. The second kappa shape index (κ2) is 35.8. The molecule has 2 unspecified atom stereocenters. The fraction of sp³-hybridized carbons (Fsp3) is 0.947. The maximum absolute atomic E-state index is 12.0. The fourth-order valence-electron chi connectivity index (χ4n) is 5.73. The van der Waals surface area contributed by atoms with Crippen LogP contribution in [0.4, 0.5) is 0 Å². The lowest BCUT2D eigenvalue weighted by molar-refractivity contribution is -0.147. The number of aliphatic hydroxyl groups is 1. The Hall–Kier alpha value is -0.990. The molecular formula is C38H76NO8P. The number of hydrogen-bond donors (Lipinski definition) is 3. The standard InChI is InChI=1S/C38H76NO8P/c1-3-5-7-9-11-13-15-16-17-18-19-20-21-23-25-27-29-31-38(42)45-34-36(40)35-47-48(43,44)46-33-32-39-37(41)30-28-26-24-22-14-12-10-8-6-4-2/h36,40H,3-35H2,1-2H3,(H,39,41)(H,43,44). The summed E-state index contributed by atoms with van der Waals surface area (Å²) in [6.07, 6.45) is 33.2. The average molecular weight is 706 g/mol. The quantitative estimate of drug-likeness (QED) is 0.0329. The summed E-state index contributed by atoms with van der Waals surface area (Å²) in [6, 6.07) is 0. The van der Waals surface area contributed by atoms with Crippen LogP contribution in [-0.2, 0) is 27.9 Å². The SMILES string of the molecule is CCCCCCCCCCCCCCCCCCCC(=O)OCC(O)COP(=O)(O)OCCNC(=O)CCCCCCCCCCCC. The van der Waals surface area contributed by atoms with Crippen LogP contribution in [0.2, 0.25) is 0 Å². The lowest BCUT2D eigenvalue weighted by Gasteiger charge is -2.15. The predicted molar refractivity (Wildman–Crippen MR) is 197 cm³/mol. The van der Waals surface area contributed by atoms with Crippen molar-refractivity contribution in [1.29, 1.82) is 0 Å². The van der Waals surface area contributed by atoms with Gasteiger partial charge in [-0.3, -0.25) is 18.6 Å². The van der Waals surface area contributed by atoms with E-state index in [9.17, 15) is 24.2 Å². The van der Waals surface area contributed by atoms with Crippen LogP contribution < -0.4 is 5.32 Å².